The zero-order chi connectivity index (χ0) is 40.5. The maximum atomic E-state index is 12.2. The lowest BCUT2D eigenvalue weighted by Gasteiger charge is -2.05. The van der Waals surface area contributed by atoms with Gasteiger partial charge in [-0.3, -0.25) is 15.1 Å². The molecule has 3 aromatic carbocycles. The van der Waals surface area contributed by atoms with E-state index in [1.807, 2.05) is 48.5 Å². The van der Waals surface area contributed by atoms with Gasteiger partial charge >= 0.3 is 6.18 Å². The first kappa shape index (κ1) is 43.9. The minimum absolute atomic E-state index is 0.0254. The topological polar surface area (TPSA) is 199 Å². The summed E-state index contributed by atoms with van der Waals surface area (Å²) in [5.74, 6) is 0. The number of nitro groups is 1. The van der Waals surface area contributed by atoms with E-state index in [1.54, 1.807) is 63.5 Å². The van der Waals surface area contributed by atoms with E-state index < -0.39 is 16.7 Å². The van der Waals surface area contributed by atoms with Crippen LogP contribution in [-0.4, -0.2) is 9.91 Å². The van der Waals surface area contributed by atoms with Crippen LogP contribution in [0.1, 0.15) is 54.2 Å². The second kappa shape index (κ2) is 23.3. The minimum atomic E-state index is -4.31. The largest absolute Gasteiger partial charge is 0.416 e. The molecule has 1 heterocycles. The summed E-state index contributed by atoms with van der Waals surface area (Å²) in [4.78, 5) is 13.7. The molecule has 0 radical (unpaired) electrons. The van der Waals surface area contributed by atoms with Crippen molar-refractivity contribution in [2.24, 2.45) is 0 Å². The lowest BCUT2D eigenvalue weighted by molar-refractivity contribution is -0.384. The molecule has 0 fully saturated rings. The first-order valence-electron chi connectivity index (χ1n) is 15.3. The van der Waals surface area contributed by atoms with Crippen LogP contribution in [0.15, 0.2) is 120 Å². The first-order chi connectivity index (χ1) is 25.7. The zero-order valence-corrected chi connectivity index (χ0v) is 29.1. The molecule has 0 N–H and O–H groups in total. The Morgan fingerprint density at radius 3 is 1.31 bits per heavy atom. The number of allylic oxidation sites excluding steroid dienone is 4. The quantitative estimate of drug-likeness (QED) is 0.109. The molecule has 0 saturated heterocycles. The van der Waals surface area contributed by atoms with E-state index in [2.05, 4.69) is 11.1 Å². The second-order valence-electron chi connectivity index (χ2n) is 10.6. The molecule has 0 atom stereocenters. The van der Waals surface area contributed by atoms with Crippen molar-refractivity contribution in [3.63, 3.8) is 0 Å². The van der Waals surface area contributed by atoms with E-state index in [0.717, 1.165) is 23.3 Å². The third-order valence-corrected chi connectivity index (χ3v) is 6.32. The Hall–Kier alpha value is -8.10. The number of pyridine rings is 1. The fraction of sp³-hybridized carbons (Fsp3) is 0.0976. The molecule has 0 aliphatic carbocycles. The highest BCUT2D eigenvalue weighted by Crippen LogP contribution is 2.29. The Morgan fingerprint density at radius 2 is 0.963 bits per heavy atom. The van der Waals surface area contributed by atoms with Gasteiger partial charge in [0.05, 0.1) is 40.3 Å². The van der Waals surface area contributed by atoms with Gasteiger partial charge in [-0.05, 0) is 116 Å². The maximum absolute atomic E-state index is 12.2. The molecule has 0 amide bonds. The third kappa shape index (κ3) is 17.5. The Kier molecular flexibility index (Phi) is 19.0. The van der Waals surface area contributed by atoms with Gasteiger partial charge in [-0.25, -0.2) is 0 Å². The van der Waals surface area contributed by atoms with E-state index in [-0.39, 0.29) is 11.3 Å². The molecule has 1 aromatic heterocycles. The number of non-ortho nitro benzene ring substituents is 1. The number of hydrogen-bond acceptors (Lipinski definition) is 9. The molecule has 54 heavy (non-hydrogen) atoms. The normalized spacial score (nSPS) is 10.4. The summed E-state index contributed by atoms with van der Waals surface area (Å²) in [6.45, 7) is 5.12. The summed E-state index contributed by atoms with van der Waals surface area (Å²) >= 11 is 0. The number of benzene rings is 3. The number of halogens is 3. The molecule has 10 nitrogen and oxygen atoms in total. The standard InChI is InChI=1S/C11H8F3N.C11H8N2.C10H5N3O2.C9H8N2/c1-8(7-15)6-9-2-4-10(5-3-9)11(12,13)14;1-9(7-12)6-10-2-4-11(8-13)5-3-10;11-6-9(7-12)5-8-1-3-10(4-2-8)13(14)15;1-8(7-10)6-9-2-4-11-5-3-9/h2-6H,1H3;2-6H,1H3;1-5H;2-6H,1H3/b8-6+;9-6+;;8-6+. The van der Waals surface area contributed by atoms with E-state index in [1.165, 1.54) is 48.6 Å². The van der Waals surface area contributed by atoms with Gasteiger partial charge in [0.2, 0.25) is 0 Å². The highest BCUT2D eigenvalue weighted by molar-refractivity contribution is 5.63. The average Bonchev–Trinajstić information content (AvgIpc) is 3.18. The molecular weight excluding hydrogens is 693 g/mol. The predicted molar refractivity (Wildman–Crippen MR) is 197 cm³/mol. The number of nitro benzene ring substituents is 1. The van der Waals surface area contributed by atoms with Crippen molar-refractivity contribution < 1.29 is 18.1 Å². The maximum Gasteiger partial charge on any atom is 0.416 e. The van der Waals surface area contributed by atoms with Gasteiger partial charge in [-0.15, -0.1) is 0 Å². The SMILES string of the molecule is C/C(C#N)=C\c1ccc(C#N)cc1.C/C(C#N)=C\c1ccc(C(F)(F)F)cc1.C/C(C#N)=C\c1ccncc1.N#CC(C#N)=Cc1ccc([N+](=O)[O-])cc1. The Morgan fingerprint density at radius 1 is 0.593 bits per heavy atom. The molecule has 266 valence electrons. The first-order valence-corrected chi connectivity index (χ1v) is 15.3. The molecule has 0 aliphatic rings. The van der Waals surface area contributed by atoms with Gasteiger partial charge in [0.1, 0.15) is 17.7 Å². The minimum Gasteiger partial charge on any atom is -0.265 e. The molecule has 4 rings (SSSR count). The smallest absolute Gasteiger partial charge is 0.265 e. The van der Waals surface area contributed by atoms with Crippen LogP contribution < -0.4 is 0 Å². The van der Waals surface area contributed by atoms with Crippen LogP contribution in [0.3, 0.4) is 0 Å². The number of rotatable bonds is 5. The van der Waals surface area contributed by atoms with Gasteiger partial charge < -0.3 is 0 Å². The fourth-order valence-electron chi connectivity index (χ4n) is 3.68. The van der Waals surface area contributed by atoms with Gasteiger partial charge in [0.25, 0.3) is 5.69 Å². The lowest BCUT2D eigenvalue weighted by atomic mass is 10.1. The van der Waals surface area contributed by atoms with Crippen LogP contribution in [-0.2, 0) is 6.18 Å². The molecular formula is C41H29F3N8O2. The van der Waals surface area contributed by atoms with Crippen LogP contribution >= 0.6 is 0 Å². The van der Waals surface area contributed by atoms with Gasteiger partial charge in [-0.1, -0.05) is 24.3 Å². The Bertz CT molecular complexity index is 2230. The Labute approximate surface area is 310 Å². The van der Waals surface area contributed by atoms with Crippen LogP contribution in [0.5, 0.6) is 0 Å². The van der Waals surface area contributed by atoms with Gasteiger partial charge in [-0.2, -0.15) is 44.7 Å². The molecule has 4 aromatic rings. The van der Waals surface area contributed by atoms with E-state index in [4.69, 9.17) is 31.6 Å². The van der Waals surface area contributed by atoms with Crippen molar-refractivity contribution in [1.82, 2.24) is 4.98 Å². The van der Waals surface area contributed by atoms with Gasteiger partial charge in [0.15, 0.2) is 0 Å². The summed E-state index contributed by atoms with van der Waals surface area (Å²) in [7, 11) is 0. The Balaban J connectivity index is 0.000000362. The van der Waals surface area contributed by atoms with E-state index in [9.17, 15) is 23.3 Å². The number of nitrogens with zero attached hydrogens (tertiary/aromatic N) is 8. The van der Waals surface area contributed by atoms with Crippen molar-refractivity contribution in [3.8, 4) is 36.4 Å². The molecule has 0 aliphatic heterocycles. The molecule has 0 bridgehead atoms. The van der Waals surface area contributed by atoms with Gasteiger partial charge in [0, 0.05) is 41.2 Å². The predicted octanol–water partition coefficient (Wildman–Crippen LogP) is 10.2. The van der Waals surface area contributed by atoms with E-state index >= 15 is 0 Å². The number of nitriles is 6. The molecule has 13 heteroatoms. The van der Waals surface area contributed by atoms with Crippen molar-refractivity contribution in [3.05, 3.63) is 163 Å². The lowest BCUT2D eigenvalue weighted by Crippen LogP contribution is -2.03. The summed E-state index contributed by atoms with van der Waals surface area (Å²) in [5.41, 5.74) is 4.82. The zero-order valence-electron chi connectivity index (χ0n) is 29.1. The monoisotopic (exact) mass is 722 g/mol. The second-order valence-corrected chi connectivity index (χ2v) is 10.6. The van der Waals surface area contributed by atoms with Crippen molar-refractivity contribution in [2.75, 3.05) is 0 Å². The number of aromatic nitrogens is 1. The van der Waals surface area contributed by atoms with Crippen molar-refractivity contribution in [2.45, 2.75) is 26.9 Å². The fourth-order valence-corrected chi connectivity index (χ4v) is 3.68. The molecule has 0 saturated carbocycles. The highest BCUT2D eigenvalue weighted by atomic mass is 19.4. The molecule has 0 spiro atoms. The molecule has 0 unspecified atom stereocenters. The number of alkyl halides is 3. The van der Waals surface area contributed by atoms with Crippen LogP contribution in [0.2, 0.25) is 0 Å². The van der Waals surface area contributed by atoms with Crippen molar-refractivity contribution in [1.29, 1.82) is 31.6 Å². The van der Waals surface area contributed by atoms with Crippen LogP contribution in [0.25, 0.3) is 24.3 Å². The average molecular weight is 723 g/mol. The third-order valence-electron chi connectivity index (χ3n) is 6.32. The number of hydrogen-bond donors (Lipinski definition) is 0. The summed E-state index contributed by atoms with van der Waals surface area (Å²) < 4.78 is 36.5. The summed E-state index contributed by atoms with van der Waals surface area (Å²) in [6.07, 6.45) is 5.59. The summed E-state index contributed by atoms with van der Waals surface area (Å²) in [5, 5.41) is 61.3. The summed E-state index contributed by atoms with van der Waals surface area (Å²) in [6, 6.07) is 32.5. The van der Waals surface area contributed by atoms with Crippen LogP contribution in [0.4, 0.5) is 18.9 Å². The highest BCUT2D eigenvalue weighted by Gasteiger charge is 2.29. The van der Waals surface area contributed by atoms with E-state index in [0.29, 0.717) is 33.4 Å². The van der Waals surface area contributed by atoms with Crippen LogP contribution in [0, 0.1) is 78.1 Å². The van der Waals surface area contributed by atoms with Crippen molar-refractivity contribution >= 4 is 30.0 Å².